The van der Waals surface area contributed by atoms with Gasteiger partial charge in [-0.2, -0.15) is 0 Å². The molecule has 0 aromatic heterocycles. The van der Waals surface area contributed by atoms with E-state index in [0.717, 1.165) is 0 Å². The van der Waals surface area contributed by atoms with E-state index in [0.29, 0.717) is 0 Å². The van der Waals surface area contributed by atoms with Crippen LogP contribution in [0.25, 0.3) is 0 Å². The van der Waals surface area contributed by atoms with Crippen molar-refractivity contribution in [2.45, 2.75) is 0 Å². The molecule has 5 nitrogen and oxygen atoms in total. The van der Waals surface area contributed by atoms with E-state index in [2.05, 4.69) is 5.18 Å². The van der Waals surface area contributed by atoms with Crippen LogP contribution in [0.4, 0.5) is 0 Å². The lowest BCUT2D eigenvalue weighted by molar-refractivity contribution is -0.132. The number of aliphatic hydroxyl groups excluding tert-OH is 1. The van der Waals surface area contributed by atoms with Crippen molar-refractivity contribution in [2.24, 2.45) is 5.18 Å². The number of allylic oxidation sites excluding steroid dienone is 1. The van der Waals surface area contributed by atoms with Crippen molar-refractivity contribution in [2.75, 3.05) is 5.88 Å². The number of carboxylic acid groups (broad SMARTS) is 1. The second-order valence-electron chi connectivity index (χ2n) is 1.33. The van der Waals surface area contributed by atoms with Crippen LogP contribution in [-0.2, 0) is 4.79 Å². The van der Waals surface area contributed by atoms with Gasteiger partial charge < -0.3 is 10.2 Å². The van der Waals surface area contributed by atoms with Gasteiger partial charge in [-0.15, -0.1) is 16.5 Å². The molecule has 0 aliphatic heterocycles. The predicted molar refractivity (Wildman–Crippen MR) is 33.8 cm³/mol. The molecule has 0 aromatic carbocycles. The molecule has 0 radical (unpaired) electrons. The Kier molecular flexibility index (Phi) is 3.42. The van der Waals surface area contributed by atoms with Crippen LogP contribution in [0.2, 0.25) is 0 Å². The van der Waals surface area contributed by atoms with Crippen molar-refractivity contribution in [1.82, 2.24) is 0 Å². The zero-order valence-corrected chi connectivity index (χ0v) is 5.50. The zero-order chi connectivity index (χ0) is 8.15. The Morgan fingerprint density at radius 3 is 2.10 bits per heavy atom. The first-order valence-corrected chi connectivity index (χ1v) is 2.71. The van der Waals surface area contributed by atoms with Crippen LogP contribution in [0, 0.1) is 4.91 Å². The number of aliphatic carboxylic acids is 1. The Balaban J connectivity index is 4.62. The number of alkyl halides is 1. The van der Waals surface area contributed by atoms with Gasteiger partial charge in [-0.25, -0.2) is 4.79 Å². The number of aliphatic hydroxyl groups is 1. The van der Waals surface area contributed by atoms with Gasteiger partial charge >= 0.3 is 5.97 Å². The summed E-state index contributed by atoms with van der Waals surface area (Å²) >= 11 is 5.00. The number of carboxylic acids is 1. The minimum Gasteiger partial charge on any atom is -0.508 e. The Bertz CT molecular complexity index is 188. The Labute approximate surface area is 60.9 Å². The molecule has 10 heavy (non-hydrogen) atoms. The van der Waals surface area contributed by atoms with Crippen molar-refractivity contribution in [3.8, 4) is 0 Å². The fourth-order valence-electron chi connectivity index (χ4n) is 0.278. The van der Waals surface area contributed by atoms with E-state index in [9.17, 15) is 9.70 Å². The van der Waals surface area contributed by atoms with Crippen LogP contribution in [-0.4, -0.2) is 22.1 Å². The minimum atomic E-state index is -1.59. The van der Waals surface area contributed by atoms with Gasteiger partial charge in [0.1, 0.15) is 5.76 Å². The maximum atomic E-state index is 9.96. The third-order valence-corrected chi connectivity index (χ3v) is 0.947. The van der Waals surface area contributed by atoms with Crippen molar-refractivity contribution in [3.05, 3.63) is 16.4 Å². The van der Waals surface area contributed by atoms with Gasteiger partial charge in [-0.1, -0.05) is 0 Å². The quantitative estimate of drug-likeness (QED) is 0.281. The summed E-state index contributed by atoms with van der Waals surface area (Å²) in [5.41, 5.74) is -0.949. The molecule has 0 aliphatic carbocycles. The van der Waals surface area contributed by atoms with Crippen LogP contribution >= 0.6 is 11.6 Å². The molecule has 0 amide bonds. The van der Waals surface area contributed by atoms with E-state index in [-0.39, 0.29) is 0 Å². The molecule has 0 atom stereocenters. The summed E-state index contributed by atoms with van der Waals surface area (Å²) in [5.74, 6) is -2.76. The second-order valence-corrected chi connectivity index (χ2v) is 1.59. The number of rotatable bonds is 3. The van der Waals surface area contributed by atoms with Crippen LogP contribution in [0.3, 0.4) is 0 Å². The summed E-state index contributed by atoms with van der Waals surface area (Å²) in [7, 11) is 0. The van der Waals surface area contributed by atoms with E-state index < -0.39 is 23.3 Å². The molecule has 0 rings (SSSR count). The van der Waals surface area contributed by atoms with Crippen molar-refractivity contribution in [3.63, 3.8) is 0 Å². The van der Waals surface area contributed by atoms with Gasteiger partial charge in [-0.05, 0) is 5.18 Å². The molecular formula is C4H4ClNO4. The number of nitroso groups, excluding NO2 is 1. The lowest BCUT2D eigenvalue weighted by Gasteiger charge is -1.92. The van der Waals surface area contributed by atoms with Gasteiger partial charge in [0, 0.05) is 0 Å². The highest BCUT2D eigenvalue weighted by Gasteiger charge is 2.13. The normalized spacial score (nSPS) is 12.1. The lowest BCUT2D eigenvalue weighted by Crippen LogP contribution is -2.02. The SMILES string of the molecule is O=NC(C(=O)O)=C(O)CCl. The molecule has 0 bridgehead atoms. The third kappa shape index (κ3) is 2.02. The molecule has 0 heterocycles. The molecule has 6 heteroatoms. The Hall–Kier alpha value is -1.10. The van der Waals surface area contributed by atoms with Gasteiger partial charge in [0.05, 0.1) is 5.88 Å². The van der Waals surface area contributed by atoms with Gasteiger partial charge in [0.15, 0.2) is 0 Å². The van der Waals surface area contributed by atoms with Crippen LogP contribution < -0.4 is 0 Å². The van der Waals surface area contributed by atoms with Crippen LogP contribution in [0.5, 0.6) is 0 Å². The topological polar surface area (TPSA) is 87.0 Å². The summed E-state index contributed by atoms with van der Waals surface area (Å²) in [6.45, 7) is 0. The van der Waals surface area contributed by atoms with E-state index in [1.54, 1.807) is 0 Å². The first-order chi connectivity index (χ1) is 4.63. The molecule has 0 fully saturated rings. The van der Waals surface area contributed by atoms with E-state index in [4.69, 9.17) is 21.8 Å². The molecule has 0 aliphatic rings. The smallest absolute Gasteiger partial charge is 0.361 e. The summed E-state index contributed by atoms with van der Waals surface area (Å²) in [6.07, 6.45) is 0. The lowest BCUT2D eigenvalue weighted by atomic mass is 10.4. The molecule has 0 unspecified atom stereocenters. The van der Waals surface area contributed by atoms with E-state index >= 15 is 0 Å². The van der Waals surface area contributed by atoms with Crippen LogP contribution in [0.15, 0.2) is 16.6 Å². The summed E-state index contributed by atoms with van der Waals surface area (Å²) in [5, 5.41) is 18.7. The fourth-order valence-corrected chi connectivity index (χ4v) is 0.405. The Morgan fingerprint density at radius 1 is 1.50 bits per heavy atom. The predicted octanol–water partition coefficient (Wildman–Crippen LogP) is 0.846. The second kappa shape index (κ2) is 3.84. The molecule has 56 valence electrons. The highest BCUT2D eigenvalue weighted by atomic mass is 35.5. The van der Waals surface area contributed by atoms with Gasteiger partial charge in [0.25, 0.3) is 0 Å². The zero-order valence-electron chi connectivity index (χ0n) is 4.74. The van der Waals surface area contributed by atoms with Crippen molar-refractivity contribution in [1.29, 1.82) is 0 Å². The molecule has 2 N–H and O–H groups in total. The number of carbonyl (C=O) groups is 1. The summed E-state index contributed by atoms with van der Waals surface area (Å²) in [4.78, 5) is 19.6. The fraction of sp³-hybridized carbons (Fsp3) is 0.250. The molecule has 0 saturated carbocycles. The van der Waals surface area contributed by atoms with E-state index in [1.165, 1.54) is 0 Å². The number of halogens is 1. The molecular weight excluding hydrogens is 161 g/mol. The number of nitrogens with zero attached hydrogens (tertiary/aromatic N) is 1. The minimum absolute atomic E-state index is 0.437. The highest BCUT2D eigenvalue weighted by molar-refractivity contribution is 6.19. The maximum Gasteiger partial charge on any atom is 0.361 e. The molecule has 0 saturated heterocycles. The first kappa shape index (κ1) is 8.90. The molecule has 0 spiro atoms. The van der Waals surface area contributed by atoms with Crippen molar-refractivity contribution >= 4 is 17.6 Å². The first-order valence-electron chi connectivity index (χ1n) is 2.18. The van der Waals surface area contributed by atoms with Crippen molar-refractivity contribution < 1.29 is 15.0 Å². The summed E-state index contributed by atoms with van der Waals surface area (Å²) in [6, 6.07) is 0. The van der Waals surface area contributed by atoms with Crippen LogP contribution in [0.1, 0.15) is 0 Å². The average molecular weight is 166 g/mol. The maximum absolute atomic E-state index is 9.96. The van der Waals surface area contributed by atoms with E-state index in [1.807, 2.05) is 0 Å². The number of hydrogen-bond acceptors (Lipinski definition) is 4. The highest BCUT2D eigenvalue weighted by Crippen LogP contribution is 2.04. The van der Waals surface area contributed by atoms with Gasteiger partial charge in [0.2, 0.25) is 5.70 Å². The largest absolute Gasteiger partial charge is 0.508 e. The Morgan fingerprint density at radius 2 is 2.00 bits per heavy atom. The standard InChI is InChI=1S/C4H4ClNO4/c5-1-2(7)3(6-10)4(8)9/h7H,1H2,(H,8,9). The number of hydrogen-bond donors (Lipinski definition) is 2. The average Bonchev–Trinajstić information content (AvgIpc) is 1.88. The summed E-state index contributed by atoms with van der Waals surface area (Å²) < 4.78 is 0. The monoisotopic (exact) mass is 165 g/mol. The van der Waals surface area contributed by atoms with Gasteiger partial charge in [-0.3, -0.25) is 0 Å². The third-order valence-electron chi connectivity index (χ3n) is 0.694. The molecule has 0 aromatic rings.